The molecule has 1 aromatic carbocycles. The molecular weight excluding hydrogens is 272 g/mol. The van der Waals surface area contributed by atoms with Gasteiger partial charge in [0.25, 0.3) is 0 Å². The molecule has 102 valence electrons. The van der Waals surface area contributed by atoms with Gasteiger partial charge in [-0.15, -0.1) is 0 Å². The first-order valence-corrected chi connectivity index (χ1v) is 7.03. The van der Waals surface area contributed by atoms with Gasteiger partial charge in [-0.25, -0.2) is 9.97 Å². The van der Waals surface area contributed by atoms with E-state index >= 15 is 0 Å². The Morgan fingerprint density at radius 2 is 2.05 bits per heavy atom. The molecule has 0 radical (unpaired) electrons. The summed E-state index contributed by atoms with van der Waals surface area (Å²) in [5, 5.41) is 16.6. The molecule has 0 aliphatic rings. The maximum atomic E-state index is 9.50. The van der Waals surface area contributed by atoms with Crippen molar-refractivity contribution in [3.8, 4) is 0 Å². The van der Waals surface area contributed by atoms with E-state index in [0.717, 1.165) is 32.2 Å². The first-order chi connectivity index (χ1) is 9.70. The summed E-state index contributed by atoms with van der Waals surface area (Å²) in [6, 6.07) is 7.89. The minimum atomic E-state index is -0.0228. The topological polar surface area (TPSA) is 63.8 Å². The Hall–Kier alpha value is -1.92. The molecule has 2 heterocycles. The highest BCUT2D eigenvalue weighted by Crippen LogP contribution is 2.33. The second kappa shape index (κ2) is 5.22. The van der Waals surface area contributed by atoms with Gasteiger partial charge in [0.1, 0.15) is 16.4 Å². The van der Waals surface area contributed by atoms with E-state index in [1.807, 2.05) is 38.2 Å². The van der Waals surface area contributed by atoms with Crippen molar-refractivity contribution in [2.75, 3.05) is 0 Å². The molecule has 0 amide bonds. The minimum absolute atomic E-state index is 0.0228. The summed E-state index contributed by atoms with van der Waals surface area (Å²) in [5.41, 5.74) is 2.60. The molecule has 0 unspecified atom stereocenters. The van der Waals surface area contributed by atoms with Gasteiger partial charge in [0.05, 0.1) is 17.8 Å². The van der Waals surface area contributed by atoms with Crippen LogP contribution in [0.15, 0.2) is 40.6 Å². The van der Waals surface area contributed by atoms with E-state index in [9.17, 15) is 5.11 Å². The van der Waals surface area contributed by atoms with Crippen LogP contribution >= 0.6 is 11.8 Å². The van der Waals surface area contributed by atoms with E-state index in [1.54, 1.807) is 11.0 Å². The number of fused-ring (bicyclic) bond motifs is 1. The lowest BCUT2D eigenvalue weighted by Crippen LogP contribution is -1.95. The summed E-state index contributed by atoms with van der Waals surface area (Å²) in [4.78, 5) is 8.61. The summed E-state index contributed by atoms with van der Waals surface area (Å²) in [5.74, 6) is 0. The van der Waals surface area contributed by atoms with Crippen molar-refractivity contribution >= 4 is 22.7 Å². The van der Waals surface area contributed by atoms with Crippen LogP contribution < -0.4 is 0 Å². The fraction of sp³-hybridized carbons (Fsp3) is 0.214. The van der Waals surface area contributed by atoms with Crippen molar-refractivity contribution in [3.05, 3.63) is 41.9 Å². The molecule has 0 bridgehead atoms. The fourth-order valence-electron chi connectivity index (χ4n) is 2.14. The number of benzene rings is 1. The Balaban J connectivity index is 2.10. The molecule has 2 aromatic heterocycles. The average molecular weight is 286 g/mol. The van der Waals surface area contributed by atoms with E-state index in [1.165, 1.54) is 11.8 Å². The lowest BCUT2D eigenvalue weighted by molar-refractivity contribution is 0.277. The first kappa shape index (κ1) is 13.1. The summed E-state index contributed by atoms with van der Waals surface area (Å²) in [7, 11) is 1.87. The number of rotatable bonds is 3. The maximum absolute atomic E-state index is 9.50. The Bertz CT molecular complexity index is 764. The second-order valence-corrected chi connectivity index (χ2v) is 5.43. The fourth-order valence-corrected chi connectivity index (χ4v) is 3.22. The maximum Gasteiger partial charge on any atom is 0.117 e. The third kappa shape index (κ3) is 2.17. The van der Waals surface area contributed by atoms with Crippen molar-refractivity contribution in [1.29, 1.82) is 0 Å². The van der Waals surface area contributed by atoms with E-state index in [-0.39, 0.29) is 6.61 Å². The van der Waals surface area contributed by atoms with Gasteiger partial charge in [-0.2, -0.15) is 5.10 Å². The van der Waals surface area contributed by atoms with Crippen molar-refractivity contribution in [3.63, 3.8) is 0 Å². The number of hydrogen-bond acceptors (Lipinski definition) is 5. The van der Waals surface area contributed by atoms with Crippen LogP contribution in [0.1, 0.15) is 11.3 Å². The van der Waals surface area contributed by atoms with Crippen LogP contribution in [0, 0.1) is 6.92 Å². The van der Waals surface area contributed by atoms with E-state index < -0.39 is 0 Å². The third-order valence-corrected chi connectivity index (χ3v) is 4.37. The molecule has 5 nitrogen and oxygen atoms in total. The normalized spacial score (nSPS) is 11.2. The molecule has 0 atom stereocenters. The molecule has 0 aliphatic heterocycles. The highest BCUT2D eigenvalue weighted by atomic mass is 32.2. The Labute approximate surface area is 120 Å². The SMILES string of the molecule is Cc1nn(C)c(Sc2ncnc3ccccc23)c1CO. The smallest absolute Gasteiger partial charge is 0.117 e. The highest BCUT2D eigenvalue weighted by Gasteiger charge is 2.15. The van der Waals surface area contributed by atoms with Crippen LogP contribution in [0.4, 0.5) is 0 Å². The lowest BCUT2D eigenvalue weighted by atomic mass is 10.2. The van der Waals surface area contributed by atoms with Crippen molar-refractivity contribution in [2.45, 2.75) is 23.6 Å². The van der Waals surface area contributed by atoms with Gasteiger partial charge in [0.15, 0.2) is 0 Å². The molecule has 3 rings (SSSR count). The molecule has 20 heavy (non-hydrogen) atoms. The molecule has 6 heteroatoms. The number of nitrogens with zero attached hydrogens (tertiary/aromatic N) is 4. The second-order valence-electron chi connectivity index (χ2n) is 4.45. The van der Waals surface area contributed by atoms with Crippen molar-refractivity contribution < 1.29 is 5.11 Å². The zero-order valence-corrected chi connectivity index (χ0v) is 12.1. The number of aliphatic hydroxyl groups excluding tert-OH is 1. The number of aliphatic hydroxyl groups is 1. The van der Waals surface area contributed by atoms with Gasteiger partial charge < -0.3 is 5.11 Å². The Kier molecular flexibility index (Phi) is 3.42. The molecule has 0 saturated carbocycles. The Morgan fingerprint density at radius 3 is 2.85 bits per heavy atom. The molecule has 1 N–H and O–H groups in total. The number of para-hydroxylation sites is 1. The quantitative estimate of drug-likeness (QED) is 0.749. The van der Waals surface area contributed by atoms with Gasteiger partial charge in [0.2, 0.25) is 0 Å². The van der Waals surface area contributed by atoms with Crippen LogP contribution in [0.25, 0.3) is 10.9 Å². The molecule has 3 aromatic rings. The van der Waals surface area contributed by atoms with Gasteiger partial charge in [-0.05, 0) is 24.8 Å². The third-order valence-electron chi connectivity index (χ3n) is 3.15. The molecule has 0 spiro atoms. The van der Waals surface area contributed by atoms with Crippen LogP contribution in [0.3, 0.4) is 0 Å². The monoisotopic (exact) mass is 286 g/mol. The molecule has 0 saturated heterocycles. The van der Waals surface area contributed by atoms with E-state index in [2.05, 4.69) is 15.1 Å². The van der Waals surface area contributed by atoms with Gasteiger partial charge in [0, 0.05) is 18.0 Å². The summed E-state index contributed by atoms with van der Waals surface area (Å²) < 4.78 is 1.78. The average Bonchev–Trinajstić information content (AvgIpc) is 2.73. The largest absolute Gasteiger partial charge is 0.392 e. The summed E-state index contributed by atoms with van der Waals surface area (Å²) in [6.45, 7) is 1.87. The molecular formula is C14H14N4OS. The minimum Gasteiger partial charge on any atom is -0.392 e. The molecule has 0 fully saturated rings. The van der Waals surface area contributed by atoms with Gasteiger partial charge in [-0.3, -0.25) is 4.68 Å². The van der Waals surface area contributed by atoms with E-state index in [0.29, 0.717) is 0 Å². The van der Waals surface area contributed by atoms with E-state index in [4.69, 9.17) is 0 Å². The van der Waals surface area contributed by atoms with Gasteiger partial charge >= 0.3 is 0 Å². The number of hydrogen-bond donors (Lipinski definition) is 1. The van der Waals surface area contributed by atoms with Crippen molar-refractivity contribution in [2.24, 2.45) is 7.05 Å². The highest BCUT2D eigenvalue weighted by molar-refractivity contribution is 7.99. The van der Waals surface area contributed by atoms with Crippen molar-refractivity contribution in [1.82, 2.24) is 19.7 Å². The number of aryl methyl sites for hydroxylation is 2. The number of aromatic nitrogens is 4. The summed E-state index contributed by atoms with van der Waals surface area (Å²) >= 11 is 1.51. The van der Waals surface area contributed by atoms with Crippen LogP contribution in [0.2, 0.25) is 0 Å². The standard InChI is InChI=1S/C14H14N4OS/c1-9-11(7-19)14(18(2)17-9)20-13-10-5-3-4-6-12(10)15-8-16-13/h3-6,8,19H,7H2,1-2H3. The predicted molar refractivity (Wildman–Crippen MR) is 77.5 cm³/mol. The first-order valence-electron chi connectivity index (χ1n) is 6.21. The predicted octanol–water partition coefficient (Wildman–Crippen LogP) is 2.32. The Morgan fingerprint density at radius 1 is 1.25 bits per heavy atom. The zero-order valence-electron chi connectivity index (χ0n) is 11.2. The molecule has 0 aliphatic carbocycles. The van der Waals surface area contributed by atoms with Crippen LogP contribution in [0.5, 0.6) is 0 Å². The van der Waals surface area contributed by atoms with Crippen LogP contribution in [-0.4, -0.2) is 24.9 Å². The lowest BCUT2D eigenvalue weighted by Gasteiger charge is -2.06. The summed E-state index contributed by atoms with van der Waals surface area (Å²) in [6.07, 6.45) is 1.56. The van der Waals surface area contributed by atoms with Gasteiger partial charge in [-0.1, -0.05) is 18.2 Å². The zero-order chi connectivity index (χ0) is 14.1. The van der Waals surface area contributed by atoms with Crippen LogP contribution in [-0.2, 0) is 13.7 Å².